The predicted octanol–water partition coefficient (Wildman–Crippen LogP) is 2.92. The number of ether oxygens (including phenoxy) is 1. The zero-order valence-electron chi connectivity index (χ0n) is 12.8. The molecule has 1 fully saturated rings. The molecular weight excluding hydrogens is 266 g/mol. The number of methoxy groups -OCH3 is 1. The molecule has 21 heavy (non-hydrogen) atoms. The van der Waals surface area contributed by atoms with Gasteiger partial charge in [0.15, 0.2) is 5.78 Å². The Balaban J connectivity index is 2.14. The maximum atomic E-state index is 12.7. The van der Waals surface area contributed by atoms with Crippen molar-refractivity contribution >= 4 is 11.8 Å². The molecule has 1 aromatic rings. The summed E-state index contributed by atoms with van der Waals surface area (Å²) in [5.41, 5.74) is 1.15. The maximum Gasteiger partial charge on any atom is 0.337 e. The number of benzene rings is 1. The van der Waals surface area contributed by atoms with Gasteiger partial charge in [-0.25, -0.2) is 4.79 Å². The lowest BCUT2D eigenvalue weighted by Crippen LogP contribution is -2.39. The van der Waals surface area contributed by atoms with E-state index in [9.17, 15) is 9.59 Å². The molecule has 0 spiro atoms. The largest absolute Gasteiger partial charge is 0.465 e. The van der Waals surface area contributed by atoms with E-state index in [1.807, 2.05) is 0 Å². The fourth-order valence-electron chi connectivity index (χ4n) is 2.89. The first-order valence-electron chi connectivity index (χ1n) is 7.64. The number of carbonyl (C=O) groups excluding carboxylic acids is 2. The van der Waals surface area contributed by atoms with Gasteiger partial charge in [-0.1, -0.05) is 25.5 Å². The van der Waals surface area contributed by atoms with Crippen molar-refractivity contribution in [3.8, 4) is 0 Å². The fourth-order valence-corrected chi connectivity index (χ4v) is 2.89. The third-order valence-electron chi connectivity index (χ3n) is 4.04. The number of esters is 1. The summed E-state index contributed by atoms with van der Waals surface area (Å²) in [5, 5.41) is 0. The summed E-state index contributed by atoms with van der Waals surface area (Å²) in [7, 11) is 1.35. The lowest BCUT2D eigenvalue weighted by molar-refractivity contribution is 0.0600. The molecule has 0 saturated carbocycles. The van der Waals surface area contributed by atoms with Gasteiger partial charge in [-0.2, -0.15) is 0 Å². The Morgan fingerprint density at radius 3 is 2.24 bits per heavy atom. The highest BCUT2D eigenvalue weighted by Crippen LogP contribution is 2.20. The van der Waals surface area contributed by atoms with E-state index < -0.39 is 0 Å². The molecule has 1 aliphatic heterocycles. The van der Waals surface area contributed by atoms with E-state index in [4.69, 9.17) is 0 Å². The van der Waals surface area contributed by atoms with Gasteiger partial charge < -0.3 is 4.74 Å². The molecule has 0 amide bonds. The number of hydrogen-bond acceptors (Lipinski definition) is 4. The number of carbonyl (C=O) groups is 2. The van der Waals surface area contributed by atoms with Crippen LogP contribution in [0.3, 0.4) is 0 Å². The fraction of sp³-hybridized carbons (Fsp3) is 0.529. The average Bonchev–Trinajstić information content (AvgIpc) is 3.05. The highest BCUT2D eigenvalue weighted by atomic mass is 16.5. The SMILES string of the molecule is CCC[C@@H](C(=O)c1ccc(C(=O)OC)cc1)N1CCCC1. The monoisotopic (exact) mass is 289 g/mol. The molecule has 114 valence electrons. The van der Waals surface area contributed by atoms with Crippen LogP contribution in [0, 0.1) is 0 Å². The van der Waals surface area contributed by atoms with Crippen molar-refractivity contribution in [3.63, 3.8) is 0 Å². The number of rotatable bonds is 6. The summed E-state index contributed by atoms with van der Waals surface area (Å²) in [5.74, 6) is -0.214. The Hall–Kier alpha value is -1.68. The van der Waals surface area contributed by atoms with Crippen LogP contribution in [-0.4, -0.2) is 42.9 Å². The Bertz CT molecular complexity index is 489. The molecule has 1 saturated heterocycles. The van der Waals surface area contributed by atoms with Crippen LogP contribution < -0.4 is 0 Å². The summed E-state index contributed by atoms with van der Waals surface area (Å²) >= 11 is 0. The van der Waals surface area contributed by atoms with E-state index in [2.05, 4.69) is 16.6 Å². The number of nitrogens with zero attached hydrogens (tertiary/aromatic N) is 1. The van der Waals surface area contributed by atoms with Crippen LogP contribution in [0.25, 0.3) is 0 Å². The Labute approximate surface area is 126 Å². The van der Waals surface area contributed by atoms with E-state index in [0.717, 1.165) is 25.9 Å². The smallest absolute Gasteiger partial charge is 0.337 e. The number of hydrogen-bond donors (Lipinski definition) is 0. The third kappa shape index (κ3) is 3.70. The van der Waals surface area contributed by atoms with Crippen molar-refractivity contribution < 1.29 is 14.3 Å². The van der Waals surface area contributed by atoms with Gasteiger partial charge in [0.2, 0.25) is 0 Å². The van der Waals surface area contributed by atoms with E-state index in [1.54, 1.807) is 24.3 Å². The van der Waals surface area contributed by atoms with Crippen molar-refractivity contribution in [2.75, 3.05) is 20.2 Å². The molecule has 0 unspecified atom stereocenters. The highest BCUT2D eigenvalue weighted by molar-refractivity contribution is 6.01. The minimum absolute atomic E-state index is 0.0264. The van der Waals surface area contributed by atoms with Crippen molar-refractivity contribution in [2.45, 2.75) is 38.6 Å². The van der Waals surface area contributed by atoms with Gasteiger partial charge >= 0.3 is 5.97 Å². The second-order valence-corrected chi connectivity index (χ2v) is 5.48. The van der Waals surface area contributed by atoms with Gasteiger partial charge in [0.1, 0.15) is 0 Å². The normalized spacial score (nSPS) is 16.7. The van der Waals surface area contributed by atoms with Crippen molar-refractivity contribution in [2.24, 2.45) is 0 Å². The molecular formula is C17H23NO3. The predicted molar refractivity (Wildman–Crippen MR) is 81.6 cm³/mol. The second-order valence-electron chi connectivity index (χ2n) is 5.48. The summed E-state index contributed by atoms with van der Waals surface area (Å²) in [6.07, 6.45) is 4.23. The molecule has 4 heteroatoms. The maximum absolute atomic E-state index is 12.7. The molecule has 1 aliphatic rings. The van der Waals surface area contributed by atoms with Crippen LogP contribution >= 0.6 is 0 Å². The van der Waals surface area contributed by atoms with E-state index in [-0.39, 0.29) is 17.8 Å². The van der Waals surface area contributed by atoms with E-state index in [1.165, 1.54) is 20.0 Å². The van der Waals surface area contributed by atoms with Crippen molar-refractivity contribution in [1.29, 1.82) is 0 Å². The molecule has 4 nitrogen and oxygen atoms in total. The molecule has 0 N–H and O–H groups in total. The molecule has 1 atom stereocenters. The van der Waals surface area contributed by atoms with Crippen molar-refractivity contribution in [1.82, 2.24) is 4.90 Å². The van der Waals surface area contributed by atoms with Crippen LogP contribution in [0.4, 0.5) is 0 Å². The quantitative estimate of drug-likeness (QED) is 0.597. The Morgan fingerprint density at radius 1 is 1.14 bits per heavy atom. The average molecular weight is 289 g/mol. The summed E-state index contributed by atoms with van der Waals surface area (Å²) in [4.78, 5) is 26.4. The minimum atomic E-state index is -0.376. The van der Waals surface area contributed by atoms with Crippen LogP contribution in [0.15, 0.2) is 24.3 Å². The van der Waals surface area contributed by atoms with Gasteiger partial charge in [-0.05, 0) is 44.5 Å². The van der Waals surface area contributed by atoms with Crippen LogP contribution in [0.1, 0.15) is 53.3 Å². The first-order chi connectivity index (χ1) is 10.2. The van der Waals surface area contributed by atoms with E-state index >= 15 is 0 Å². The number of ketones is 1. The lowest BCUT2D eigenvalue weighted by atomic mass is 9.98. The Morgan fingerprint density at radius 2 is 1.71 bits per heavy atom. The van der Waals surface area contributed by atoms with Gasteiger partial charge in [-0.3, -0.25) is 9.69 Å². The first kappa shape index (κ1) is 15.7. The first-order valence-corrected chi connectivity index (χ1v) is 7.64. The second kappa shape index (κ2) is 7.36. The minimum Gasteiger partial charge on any atom is -0.465 e. The highest BCUT2D eigenvalue weighted by Gasteiger charge is 2.28. The molecule has 0 bridgehead atoms. The molecule has 2 rings (SSSR count). The summed E-state index contributed by atoms with van der Waals surface area (Å²) < 4.78 is 4.67. The Kier molecular flexibility index (Phi) is 5.51. The zero-order chi connectivity index (χ0) is 15.2. The van der Waals surface area contributed by atoms with Gasteiger partial charge in [0.25, 0.3) is 0 Å². The number of Topliss-reactive ketones (excluding diaryl/α,β-unsaturated/α-hetero) is 1. The third-order valence-corrected chi connectivity index (χ3v) is 4.04. The van der Waals surface area contributed by atoms with Gasteiger partial charge in [0.05, 0.1) is 18.7 Å². The molecule has 0 aliphatic carbocycles. The molecule has 0 aromatic heterocycles. The van der Waals surface area contributed by atoms with Crippen LogP contribution in [0.5, 0.6) is 0 Å². The standard InChI is InChI=1S/C17H23NO3/c1-3-6-15(18-11-4-5-12-18)16(19)13-7-9-14(10-8-13)17(20)21-2/h7-10,15H,3-6,11-12H2,1-2H3/t15-/m0/s1. The lowest BCUT2D eigenvalue weighted by Gasteiger charge is -2.26. The molecule has 1 heterocycles. The van der Waals surface area contributed by atoms with E-state index in [0.29, 0.717) is 11.1 Å². The van der Waals surface area contributed by atoms with Gasteiger partial charge in [0, 0.05) is 5.56 Å². The van der Waals surface area contributed by atoms with Crippen LogP contribution in [0.2, 0.25) is 0 Å². The molecule has 1 aromatic carbocycles. The van der Waals surface area contributed by atoms with Crippen molar-refractivity contribution in [3.05, 3.63) is 35.4 Å². The van der Waals surface area contributed by atoms with Gasteiger partial charge in [-0.15, -0.1) is 0 Å². The zero-order valence-corrected chi connectivity index (χ0v) is 12.8. The number of likely N-dealkylation sites (tertiary alicyclic amines) is 1. The summed E-state index contributed by atoms with van der Waals surface area (Å²) in [6, 6.07) is 6.75. The topological polar surface area (TPSA) is 46.6 Å². The summed E-state index contributed by atoms with van der Waals surface area (Å²) in [6.45, 7) is 4.13. The van der Waals surface area contributed by atoms with Crippen LogP contribution in [-0.2, 0) is 4.74 Å². The molecule has 0 radical (unpaired) electrons.